The molecule has 0 aromatic heterocycles. The quantitative estimate of drug-likeness (QED) is 0.798. The van der Waals surface area contributed by atoms with Crippen LogP contribution in [0.1, 0.15) is 5.56 Å². The van der Waals surface area contributed by atoms with Crippen LogP contribution in [-0.4, -0.2) is 45.2 Å². The molecule has 0 aliphatic carbocycles. The molecule has 0 saturated heterocycles. The summed E-state index contributed by atoms with van der Waals surface area (Å²) in [7, 11) is 5.09. The number of benzene rings is 2. The number of hydrogen-bond acceptors (Lipinski definition) is 4. The summed E-state index contributed by atoms with van der Waals surface area (Å²) in [5.41, 5.74) is 1.68. The van der Waals surface area contributed by atoms with Gasteiger partial charge in [0.05, 0.1) is 20.8 Å². The zero-order valence-corrected chi connectivity index (χ0v) is 14.7. The third-order valence-corrected chi connectivity index (χ3v) is 3.77. The minimum atomic E-state index is -0.329. The van der Waals surface area contributed by atoms with Gasteiger partial charge in [0, 0.05) is 12.2 Å². The summed E-state index contributed by atoms with van der Waals surface area (Å²) in [4.78, 5) is 13.9. The number of likely N-dealkylation sites (N-methyl/N-ethyl adjacent to an activating group) is 1. The van der Waals surface area contributed by atoms with Crippen molar-refractivity contribution in [2.45, 2.75) is 6.42 Å². The van der Waals surface area contributed by atoms with Gasteiger partial charge in [-0.25, -0.2) is 4.39 Å². The summed E-state index contributed by atoms with van der Waals surface area (Å²) in [6, 6.07) is 11.5. The van der Waals surface area contributed by atoms with Crippen LogP contribution >= 0.6 is 0 Å². The van der Waals surface area contributed by atoms with E-state index < -0.39 is 0 Å². The molecule has 25 heavy (non-hydrogen) atoms. The molecular weight excluding hydrogens is 323 g/mol. The molecule has 1 N–H and O–H groups in total. The van der Waals surface area contributed by atoms with Crippen molar-refractivity contribution in [3.05, 3.63) is 53.8 Å². The van der Waals surface area contributed by atoms with E-state index in [2.05, 4.69) is 5.32 Å². The minimum Gasteiger partial charge on any atom is -0.493 e. The first-order valence-corrected chi connectivity index (χ1v) is 7.96. The summed E-state index contributed by atoms with van der Waals surface area (Å²) < 4.78 is 23.4. The van der Waals surface area contributed by atoms with E-state index in [0.717, 1.165) is 12.0 Å². The molecule has 2 aromatic rings. The van der Waals surface area contributed by atoms with Crippen LogP contribution in [0.5, 0.6) is 11.5 Å². The van der Waals surface area contributed by atoms with Crippen molar-refractivity contribution >= 4 is 11.6 Å². The molecule has 0 aliphatic heterocycles. The van der Waals surface area contributed by atoms with Crippen LogP contribution in [0, 0.1) is 5.82 Å². The van der Waals surface area contributed by atoms with Crippen LogP contribution in [0.25, 0.3) is 0 Å². The van der Waals surface area contributed by atoms with Crippen LogP contribution in [0.4, 0.5) is 10.1 Å². The number of amides is 1. The molecule has 134 valence electrons. The van der Waals surface area contributed by atoms with E-state index in [1.165, 1.54) is 24.3 Å². The topological polar surface area (TPSA) is 50.8 Å². The van der Waals surface area contributed by atoms with Crippen molar-refractivity contribution in [3.8, 4) is 11.5 Å². The molecule has 0 bridgehead atoms. The maximum atomic E-state index is 12.9. The average molecular weight is 346 g/mol. The van der Waals surface area contributed by atoms with Crippen LogP contribution in [-0.2, 0) is 11.2 Å². The van der Waals surface area contributed by atoms with Crippen molar-refractivity contribution in [3.63, 3.8) is 0 Å². The van der Waals surface area contributed by atoms with E-state index in [1.54, 1.807) is 14.2 Å². The van der Waals surface area contributed by atoms with Crippen molar-refractivity contribution in [1.29, 1.82) is 0 Å². The molecule has 6 heteroatoms. The number of rotatable bonds is 8. The lowest BCUT2D eigenvalue weighted by Gasteiger charge is -2.17. The largest absolute Gasteiger partial charge is 0.493 e. The number of carbonyl (C=O) groups excluding carboxylic acids is 1. The number of halogens is 1. The first-order chi connectivity index (χ1) is 12.0. The first kappa shape index (κ1) is 18.7. The maximum Gasteiger partial charge on any atom is 0.238 e. The van der Waals surface area contributed by atoms with Gasteiger partial charge in [0.2, 0.25) is 5.91 Å². The predicted molar refractivity (Wildman–Crippen MR) is 95.8 cm³/mol. The van der Waals surface area contributed by atoms with E-state index in [1.807, 2.05) is 30.1 Å². The molecule has 0 saturated carbocycles. The highest BCUT2D eigenvalue weighted by Crippen LogP contribution is 2.27. The average Bonchev–Trinajstić information content (AvgIpc) is 2.61. The number of ether oxygens (including phenoxy) is 2. The summed E-state index contributed by atoms with van der Waals surface area (Å²) in [5, 5.41) is 2.75. The van der Waals surface area contributed by atoms with Crippen LogP contribution in [0.2, 0.25) is 0 Å². The Labute approximate surface area is 147 Å². The Morgan fingerprint density at radius 2 is 1.76 bits per heavy atom. The highest BCUT2D eigenvalue weighted by atomic mass is 19.1. The van der Waals surface area contributed by atoms with Crippen molar-refractivity contribution in [2.24, 2.45) is 0 Å². The van der Waals surface area contributed by atoms with E-state index in [-0.39, 0.29) is 18.3 Å². The fourth-order valence-corrected chi connectivity index (χ4v) is 2.41. The number of anilines is 1. The highest BCUT2D eigenvalue weighted by Gasteiger charge is 2.09. The van der Waals surface area contributed by atoms with Gasteiger partial charge in [-0.2, -0.15) is 0 Å². The SMILES string of the molecule is COc1ccc(CCN(C)CC(=O)Nc2ccc(F)cc2)cc1OC. The number of hydrogen-bond donors (Lipinski definition) is 1. The van der Waals surface area contributed by atoms with E-state index in [9.17, 15) is 9.18 Å². The third kappa shape index (κ3) is 5.76. The Bertz CT molecular complexity index is 704. The van der Waals surface area contributed by atoms with Gasteiger partial charge in [0.25, 0.3) is 0 Å². The van der Waals surface area contributed by atoms with Gasteiger partial charge >= 0.3 is 0 Å². The van der Waals surface area contributed by atoms with Gasteiger partial charge in [-0.05, 0) is 55.4 Å². The Morgan fingerprint density at radius 1 is 1.08 bits per heavy atom. The zero-order valence-electron chi connectivity index (χ0n) is 14.7. The fourth-order valence-electron chi connectivity index (χ4n) is 2.41. The summed E-state index contributed by atoms with van der Waals surface area (Å²) in [6.07, 6.45) is 0.778. The van der Waals surface area contributed by atoms with Gasteiger partial charge in [-0.1, -0.05) is 6.07 Å². The smallest absolute Gasteiger partial charge is 0.238 e. The summed E-state index contributed by atoms with van der Waals surface area (Å²) in [6.45, 7) is 0.969. The molecule has 0 unspecified atom stereocenters. The first-order valence-electron chi connectivity index (χ1n) is 7.96. The van der Waals surface area contributed by atoms with Gasteiger partial charge in [0.15, 0.2) is 11.5 Å². The van der Waals surface area contributed by atoms with Gasteiger partial charge in [-0.3, -0.25) is 9.69 Å². The summed E-state index contributed by atoms with van der Waals surface area (Å²) in [5.74, 6) is 0.918. The predicted octanol–water partition coefficient (Wildman–Crippen LogP) is 2.96. The Hall–Kier alpha value is -2.60. The molecular formula is C19H23FN2O3. The lowest BCUT2D eigenvalue weighted by atomic mass is 10.1. The van der Waals surface area contributed by atoms with Crippen LogP contribution in [0.3, 0.4) is 0 Å². The normalized spacial score (nSPS) is 10.6. The van der Waals surface area contributed by atoms with Crippen molar-refractivity contribution < 1.29 is 18.7 Å². The molecule has 0 radical (unpaired) electrons. The second-order valence-corrected chi connectivity index (χ2v) is 5.73. The van der Waals surface area contributed by atoms with Crippen LogP contribution < -0.4 is 14.8 Å². The standard InChI is InChI=1S/C19H23FN2O3/c1-22(13-19(23)21-16-7-5-15(20)6-8-16)11-10-14-4-9-17(24-2)18(12-14)25-3/h4-9,12H,10-11,13H2,1-3H3,(H,21,23). The summed E-state index contributed by atoms with van der Waals surface area (Å²) >= 11 is 0. The van der Waals surface area contributed by atoms with Gasteiger partial charge in [0.1, 0.15) is 5.82 Å². The molecule has 0 atom stereocenters. The molecule has 5 nitrogen and oxygen atoms in total. The maximum absolute atomic E-state index is 12.9. The molecule has 0 spiro atoms. The second-order valence-electron chi connectivity index (χ2n) is 5.73. The molecule has 2 rings (SSSR count). The molecule has 0 fully saturated rings. The Morgan fingerprint density at radius 3 is 2.40 bits per heavy atom. The van der Waals surface area contributed by atoms with Crippen molar-refractivity contribution in [2.75, 3.05) is 39.7 Å². The van der Waals surface area contributed by atoms with E-state index in [4.69, 9.17) is 9.47 Å². The fraction of sp³-hybridized carbons (Fsp3) is 0.316. The Balaban J connectivity index is 1.82. The molecule has 0 heterocycles. The van der Waals surface area contributed by atoms with Gasteiger partial charge in [-0.15, -0.1) is 0 Å². The second kappa shape index (κ2) is 9.03. The van der Waals surface area contributed by atoms with Crippen molar-refractivity contribution in [1.82, 2.24) is 4.90 Å². The lowest BCUT2D eigenvalue weighted by molar-refractivity contribution is -0.117. The Kier molecular flexibility index (Phi) is 6.77. The molecule has 2 aromatic carbocycles. The minimum absolute atomic E-state index is 0.138. The third-order valence-electron chi connectivity index (χ3n) is 3.77. The van der Waals surface area contributed by atoms with Crippen LogP contribution in [0.15, 0.2) is 42.5 Å². The molecule has 0 aliphatic rings. The van der Waals surface area contributed by atoms with E-state index in [0.29, 0.717) is 23.7 Å². The zero-order chi connectivity index (χ0) is 18.2. The highest BCUT2D eigenvalue weighted by molar-refractivity contribution is 5.92. The number of nitrogens with one attached hydrogen (secondary N) is 1. The number of carbonyl (C=O) groups is 1. The lowest BCUT2D eigenvalue weighted by Crippen LogP contribution is -2.31. The van der Waals surface area contributed by atoms with E-state index >= 15 is 0 Å². The molecule has 1 amide bonds. The monoisotopic (exact) mass is 346 g/mol. The number of methoxy groups -OCH3 is 2. The van der Waals surface area contributed by atoms with Gasteiger partial charge < -0.3 is 14.8 Å². The number of nitrogens with zero attached hydrogens (tertiary/aromatic N) is 1.